The van der Waals surface area contributed by atoms with Crippen LogP contribution in [0.5, 0.6) is 0 Å². The van der Waals surface area contributed by atoms with Crippen molar-refractivity contribution in [2.24, 2.45) is 5.73 Å². The fourth-order valence-corrected chi connectivity index (χ4v) is 4.92. The lowest BCUT2D eigenvalue weighted by Crippen LogP contribution is -2.21. The Morgan fingerprint density at radius 1 is 1.22 bits per heavy atom. The summed E-state index contributed by atoms with van der Waals surface area (Å²) < 4.78 is 13.6. The van der Waals surface area contributed by atoms with E-state index < -0.39 is 6.17 Å². The molecule has 1 aromatic carbocycles. The zero-order valence-electron chi connectivity index (χ0n) is 16.2. The molecule has 0 amide bonds. The van der Waals surface area contributed by atoms with Crippen molar-refractivity contribution in [2.45, 2.75) is 64.6 Å². The molecule has 1 aromatic rings. The molecule has 0 aromatic heterocycles. The third kappa shape index (κ3) is 3.60. The number of nitrogens with two attached hydrogens (primary N) is 1. The van der Waals surface area contributed by atoms with Gasteiger partial charge in [-0.15, -0.1) is 0 Å². The number of hydrogen-bond donors (Lipinski definition) is 1. The van der Waals surface area contributed by atoms with Gasteiger partial charge in [-0.05, 0) is 66.9 Å². The average Bonchev–Trinajstić information content (AvgIpc) is 3.09. The molecule has 2 N–H and O–H groups in total. The van der Waals surface area contributed by atoms with Crippen molar-refractivity contribution in [1.82, 2.24) is 4.90 Å². The summed E-state index contributed by atoms with van der Waals surface area (Å²) in [6.45, 7) is 3.81. The normalized spacial score (nSPS) is 23.7. The topological polar surface area (TPSA) is 46.3 Å². The predicted octanol–water partition coefficient (Wildman–Crippen LogP) is 4.31. The van der Waals surface area contributed by atoms with E-state index in [1.807, 2.05) is 0 Å². The van der Waals surface area contributed by atoms with Crippen LogP contribution >= 0.6 is 0 Å². The number of benzene rings is 1. The van der Waals surface area contributed by atoms with Crippen molar-refractivity contribution in [2.75, 3.05) is 13.1 Å². The van der Waals surface area contributed by atoms with Crippen LogP contribution in [0.2, 0.25) is 0 Å². The lowest BCUT2D eigenvalue weighted by molar-refractivity contribution is -0.113. The van der Waals surface area contributed by atoms with Gasteiger partial charge in [-0.25, -0.2) is 4.39 Å². The van der Waals surface area contributed by atoms with Gasteiger partial charge in [0.15, 0.2) is 5.78 Å². The van der Waals surface area contributed by atoms with Crippen molar-refractivity contribution in [3.63, 3.8) is 0 Å². The number of likely N-dealkylation sites (tertiary alicyclic amines) is 1. The highest BCUT2D eigenvalue weighted by atomic mass is 19.1. The highest BCUT2D eigenvalue weighted by molar-refractivity contribution is 5.96. The van der Waals surface area contributed by atoms with Gasteiger partial charge in [0.05, 0.1) is 0 Å². The van der Waals surface area contributed by atoms with Crippen LogP contribution in [-0.4, -0.2) is 29.9 Å². The Morgan fingerprint density at radius 2 is 2.04 bits per heavy atom. The molecule has 144 valence electrons. The van der Waals surface area contributed by atoms with Crippen molar-refractivity contribution >= 4 is 11.5 Å². The van der Waals surface area contributed by atoms with Gasteiger partial charge in [0.2, 0.25) is 0 Å². The largest absolute Gasteiger partial charge is 0.398 e. The maximum absolute atomic E-state index is 13.6. The molecule has 0 spiro atoms. The van der Waals surface area contributed by atoms with Crippen LogP contribution in [0.1, 0.15) is 62.1 Å². The van der Waals surface area contributed by atoms with Crippen LogP contribution in [0.4, 0.5) is 4.39 Å². The summed E-state index contributed by atoms with van der Waals surface area (Å²) in [7, 11) is 0. The summed E-state index contributed by atoms with van der Waals surface area (Å²) in [6.07, 6.45) is 5.94. The van der Waals surface area contributed by atoms with Crippen molar-refractivity contribution in [1.29, 1.82) is 0 Å². The van der Waals surface area contributed by atoms with Gasteiger partial charge < -0.3 is 5.73 Å². The number of hydrogen-bond acceptors (Lipinski definition) is 3. The van der Waals surface area contributed by atoms with Crippen LogP contribution in [0.15, 0.2) is 34.9 Å². The molecule has 1 saturated heterocycles. The Morgan fingerprint density at radius 3 is 2.78 bits per heavy atom. The van der Waals surface area contributed by atoms with Gasteiger partial charge in [-0.1, -0.05) is 24.6 Å². The van der Waals surface area contributed by atoms with Crippen LogP contribution in [0, 0.1) is 0 Å². The summed E-state index contributed by atoms with van der Waals surface area (Å²) in [6, 6.07) is 6.29. The molecule has 4 heteroatoms. The highest BCUT2D eigenvalue weighted by Crippen LogP contribution is 2.40. The second-order valence-electron chi connectivity index (χ2n) is 8.21. The van der Waals surface area contributed by atoms with Gasteiger partial charge in [-0.3, -0.25) is 9.69 Å². The van der Waals surface area contributed by atoms with E-state index in [1.54, 1.807) is 6.92 Å². The van der Waals surface area contributed by atoms with Crippen LogP contribution < -0.4 is 5.73 Å². The Balaban J connectivity index is 1.66. The molecule has 1 aliphatic heterocycles. The first-order valence-corrected chi connectivity index (χ1v) is 10.2. The first-order valence-electron chi connectivity index (χ1n) is 10.2. The number of ketones is 1. The number of rotatable bonds is 4. The minimum Gasteiger partial charge on any atom is -0.398 e. The number of Topliss-reactive ketones (excluding diaryl/α,β-unsaturated/α-hetero) is 1. The molecular formula is C23H29FN2O. The van der Waals surface area contributed by atoms with Crippen molar-refractivity contribution in [3.8, 4) is 0 Å². The number of allylic oxidation sites excluding steroid dienone is 3. The molecule has 0 radical (unpaired) electrons. The monoisotopic (exact) mass is 368 g/mol. The third-order valence-corrected chi connectivity index (χ3v) is 6.36. The van der Waals surface area contributed by atoms with Gasteiger partial charge in [-0.2, -0.15) is 0 Å². The summed E-state index contributed by atoms with van der Waals surface area (Å²) in [5, 5.41) is 0. The van der Waals surface area contributed by atoms with E-state index in [0.717, 1.165) is 67.6 Å². The number of halogens is 1. The fourth-order valence-electron chi connectivity index (χ4n) is 4.92. The summed E-state index contributed by atoms with van der Waals surface area (Å²) in [4.78, 5) is 14.5. The van der Waals surface area contributed by atoms with Gasteiger partial charge in [0.1, 0.15) is 6.17 Å². The molecular weight excluding hydrogens is 339 g/mol. The second-order valence-corrected chi connectivity index (χ2v) is 8.21. The number of carbonyl (C=O) groups excluding carboxylic acids is 1. The maximum atomic E-state index is 13.6. The molecule has 1 atom stereocenters. The smallest absolute Gasteiger partial charge is 0.156 e. The van der Waals surface area contributed by atoms with E-state index in [4.69, 9.17) is 5.73 Å². The molecule has 2 aliphatic carbocycles. The van der Waals surface area contributed by atoms with Crippen LogP contribution in [0.25, 0.3) is 5.70 Å². The van der Waals surface area contributed by atoms with Gasteiger partial charge in [0.25, 0.3) is 0 Å². The first kappa shape index (κ1) is 18.4. The molecule has 27 heavy (non-hydrogen) atoms. The zero-order chi connectivity index (χ0) is 19.0. The average molecular weight is 368 g/mol. The number of nitrogens with zero attached hydrogens (tertiary/aromatic N) is 1. The number of fused-ring (bicyclic) bond motifs is 1. The van der Waals surface area contributed by atoms with Crippen LogP contribution in [-0.2, 0) is 17.8 Å². The lowest BCUT2D eigenvalue weighted by Gasteiger charge is -2.17. The number of alkyl halides is 1. The standard InChI is InChI=1S/C23H29FN2O/c1-15(27)18-7-3-2-4-8-19(18)22-12-21-16(6-5-9-20(21)23(22)25)13-26-11-10-17(24)14-26/h5-6,9,17H,2-4,7-8,10-14,25H2,1H3/t17-/m0/s1. The van der Waals surface area contributed by atoms with E-state index in [1.165, 1.54) is 23.1 Å². The summed E-state index contributed by atoms with van der Waals surface area (Å²) >= 11 is 0. The predicted molar refractivity (Wildman–Crippen MR) is 107 cm³/mol. The third-order valence-electron chi connectivity index (χ3n) is 6.36. The minimum absolute atomic E-state index is 0.189. The molecule has 0 saturated carbocycles. The SMILES string of the molecule is CC(=O)C1=C(C2=C(N)c3cccc(CN4CC[C@H](F)C4)c3C2)CCCCC1. The van der Waals surface area contributed by atoms with E-state index in [9.17, 15) is 9.18 Å². The van der Waals surface area contributed by atoms with E-state index in [-0.39, 0.29) is 5.78 Å². The zero-order valence-corrected chi connectivity index (χ0v) is 16.2. The molecule has 1 heterocycles. The molecule has 0 bridgehead atoms. The Hall–Kier alpha value is -1.94. The Bertz CT molecular complexity index is 824. The maximum Gasteiger partial charge on any atom is 0.156 e. The quantitative estimate of drug-likeness (QED) is 0.862. The summed E-state index contributed by atoms with van der Waals surface area (Å²) in [5.41, 5.74) is 14.4. The molecule has 3 aliphatic rings. The molecule has 4 rings (SSSR count). The van der Waals surface area contributed by atoms with E-state index in [0.29, 0.717) is 13.0 Å². The highest BCUT2D eigenvalue weighted by Gasteiger charge is 2.29. The van der Waals surface area contributed by atoms with Crippen molar-refractivity contribution in [3.05, 3.63) is 51.6 Å². The van der Waals surface area contributed by atoms with E-state index >= 15 is 0 Å². The van der Waals surface area contributed by atoms with Gasteiger partial charge >= 0.3 is 0 Å². The van der Waals surface area contributed by atoms with Crippen molar-refractivity contribution < 1.29 is 9.18 Å². The molecule has 3 nitrogen and oxygen atoms in total. The van der Waals surface area contributed by atoms with E-state index in [2.05, 4.69) is 23.1 Å². The molecule has 0 unspecified atom stereocenters. The fraction of sp³-hybridized carbons (Fsp3) is 0.522. The second kappa shape index (κ2) is 7.59. The Kier molecular flexibility index (Phi) is 5.18. The number of carbonyl (C=O) groups is 1. The Labute approximate surface area is 161 Å². The van der Waals surface area contributed by atoms with Gasteiger partial charge in [0, 0.05) is 37.3 Å². The minimum atomic E-state index is -0.699. The lowest BCUT2D eigenvalue weighted by atomic mass is 9.91. The summed E-state index contributed by atoms with van der Waals surface area (Å²) in [5.74, 6) is 0.189. The van der Waals surface area contributed by atoms with Crippen LogP contribution in [0.3, 0.4) is 0 Å². The first-order chi connectivity index (χ1) is 13.0. The molecule has 1 fully saturated rings.